The fourth-order valence-electron chi connectivity index (χ4n) is 2.06. The number of hydrogen-bond donors (Lipinski definition) is 0. The van der Waals surface area contributed by atoms with Crippen LogP contribution >= 0.6 is 0 Å². The molecule has 114 valence electrons. The van der Waals surface area contributed by atoms with E-state index in [-0.39, 0.29) is 16.9 Å². The van der Waals surface area contributed by atoms with Gasteiger partial charge in [0.15, 0.2) is 12.6 Å². The van der Waals surface area contributed by atoms with E-state index in [1.807, 2.05) is 19.9 Å². The molecule has 5 heteroatoms. The van der Waals surface area contributed by atoms with E-state index < -0.39 is 0 Å². The van der Waals surface area contributed by atoms with Crippen LogP contribution in [-0.2, 0) is 0 Å². The number of hydrogen-bond acceptors (Lipinski definition) is 5. The van der Waals surface area contributed by atoms with Gasteiger partial charge in [0.2, 0.25) is 0 Å². The molecule has 0 amide bonds. The maximum Gasteiger partial charge on any atom is 0.157 e. The maximum absolute atomic E-state index is 11.4. The van der Waals surface area contributed by atoms with Crippen molar-refractivity contribution in [3.63, 3.8) is 0 Å². The predicted octanol–water partition coefficient (Wildman–Crippen LogP) is 3.01. The largest absolute Gasteiger partial charge is 0.495 e. The van der Waals surface area contributed by atoms with Gasteiger partial charge in [-0.3, -0.25) is 9.59 Å². The van der Waals surface area contributed by atoms with E-state index in [1.165, 1.54) is 21.3 Å². The molecule has 5 nitrogen and oxygen atoms in total. The Balaban J connectivity index is 3.81. The number of methoxy groups -OCH3 is 3. The van der Waals surface area contributed by atoms with Crippen LogP contribution in [0, 0.1) is 5.92 Å². The highest BCUT2D eigenvalue weighted by Gasteiger charge is 2.24. The Morgan fingerprint density at radius 1 is 0.762 bits per heavy atom. The summed E-state index contributed by atoms with van der Waals surface area (Å²) in [6, 6.07) is 0. The molecule has 0 atom stereocenters. The van der Waals surface area contributed by atoms with E-state index in [2.05, 4.69) is 0 Å². The zero-order valence-electron chi connectivity index (χ0n) is 12.9. The molecule has 21 heavy (non-hydrogen) atoms. The highest BCUT2D eigenvalue weighted by atomic mass is 16.5. The van der Waals surface area contributed by atoms with Crippen molar-refractivity contribution in [3.8, 4) is 17.2 Å². The van der Waals surface area contributed by atoms with Gasteiger partial charge >= 0.3 is 0 Å². The molecule has 0 heterocycles. The third-order valence-corrected chi connectivity index (χ3v) is 2.96. The van der Waals surface area contributed by atoms with Crippen molar-refractivity contribution in [3.05, 3.63) is 22.8 Å². The number of carbonyl (C=O) groups excluding carboxylic acids is 2. The van der Waals surface area contributed by atoms with Crippen molar-refractivity contribution in [2.45, 2.75) is 13.8 Å². The van der Waals surface area contributed by atoms with E-state index in [0.29, 0.717) is 35.6 Å². The van der Waals surface area contributed by atoms with Crippen molar-refractivity contribution in [2.75, 3.05) is 21.3 Å². The molecule has 0 aliphatic carbocycles. The quantitative estimate of drug-likeness (QED) is 0.723. The number of allylic oxidation sites excluding steroid dienone is 1. The van der Waals surface area contributed by atoms with Gasteiger partial charge in [0.25, 0.3) is 0 Å². The lowest BCUT2D eigenvalue weighted by atomic mass is 9.99. The van der Waals surface area contributed by atoms with E-state index in [4.69, 9.17) is 14.2 Å². The van der Waals surface area contributed by atoms with Gasteiger partial charge in [0.1, 0.15) is 17.2 Å². The maximum atomic E-state index is 11.4. The summed E-state index contributed by atoms with van der Waals surface area (Å²) in [5, 5.41) is 0. The minimum absolute atomic E-state index is 0.149. The Hall–Kier alpha value is -2.30. The summed E-state index contributed by atoms with van der Waals surface area (Å²) in [6.45, 7) is 4.03. The minimum atomic E-state index is 0.149. The first-order valence-electron chi connectivity index (χ1n) is 6.50. The van der Waals surface area contributed by atoms with E-state index in [9.17, 15) is 9.59 Å². The van der Waals surface area contributed by atoms with Crippen LogP contribution in [0.5, 0.6) is 17.2 Å². The molecule has 1 aromatic rings. The zero-order valence-corrected chi connectivity index (χ0v) is 12.9. The van der Waals surface area contributed by atoms with Gasteiger partial charge < -0.3 is 14.2 Å². The fourth-order valence-corrected chi connectivity index (χ4v) is 2.06. The standard InChI is InChI=1S/C16H20O5/c1-10(2)6-7-11-14(19-3)12(8-17)16(21-5)13(9-18)15(11)20-4/h6-10H,1-5H3/b7-6-. The Kier molecular flexibility index (Phi) is 5.96. The van der Waals surface area contributed by atoms with Crippen molar-refractivity contribution < 1.29 is 23.8 Å². The van der Waals surface area contributed by atoms with Crippen molar-refractivity contribution in [1.29, 1.82) is 0 Å². The van der Waals surface area contributed by atoms with Gasteiger partial charge in [0, 0.05) is 0 Å². The van der Waals surface area contributed by atoms with Gasteiger partial charge in [-0.2, -0.15) is 0 Å². The average molecular weight is 292 g/mol. The highest BCUT2D eigenvalue weighted by Crippen LogP contribution is 2.42. The summed E-state index contributed by atoms with van der Waals surface area (Å²) in [6.07, 6.45) is 4.92. The number of ether oxygens (including phenoxy) is 3. The number of carbonyl (C=O) groups is 2. The lowest BCUT2D eigenvalue weighted by molar-refractivity contribution is 0.111. The number of benzene rings is 1. The molecule has 0 N–H and O–H groups in total. The number of aldehydes is 2. The summed E-state index contributed by atoms with van der Waals surface area (Å²) in [4.78, 5) is 22.8. The molecule has 0 aliphatic rings. The van der Waals surface area contributed by atoms with Crippen LogP contribution in [0.15, 0.2) is 6.08 Å². The lowest BCUT2D eigenvalue weighted by Crippen LogP contribution is -2.05. The summed E-state index contributed by atoms with van der Waals surface area (Å²) >= 11 is 0. The third kappa shape index (κ3) is 3.24. The Morgan fingerprint density at radius 2 is 1.14 bits per heavy atom. The van der Waals surface area contributed by atoms with E-state index in [0.717, 1.165) is 0 Å². The molecule has 0 unspecified atom stereocenters. The Labute approximate surface area is 124 Å². The van der Waals surface area contributed by atoms with Gasteiger partial charge in [-0.15, -0.1) is 0 Å². The van der Waals surface area contributed by atoms with Crippen LogP contribution in [0.2, 0.25) is 0 Å². The van der Waals surface area contributed by atoms with Crippen LogP contribution in [0.1, 0.15) is 40.1 Å². The molecule has 1 rings (SSSR count). The first-order chi connectivity index (χ1) is 10.0. The van der Waals surface area contributed by atoms with E-state index >= 15 is 0 Å². The second-order valence-electron chi connectivity index (χ2n) is 4.68. The van der Waals surface area contributed by atoms with Crippen LogP contribution in [0.3, 0.4) is 0 Å². The molecule has 0 aliphatic heterocycles. The van der Waals surface area contributed by atoms with Crippen molar-refractivity contribution in [1.82, 2.24) is 0 Å². The molecule has 0 spiro atoms. The molecule has 0 radical (unpaired) electrons. The first-order valence-corrected chi connectivity index (χ1v) is 6.50. The normalized spacial score (nSPS) is 10.8. The molecule has 0 fully saturated rings. The second-order valence-corrected chi connectivity index (χ2v) is 4.68. The summed E-state index contributed by atoms with van der Waals surface area (Å²) < 4.78 is 15.8. The fraction of sp³-hybridized carbons (Fsp3) is 0.375. The van der Waals surface area contributed by atoms with Gasteiger partial charge in [-0.05, 0) is 5.92 Å². The van der Waals surface area contributed by atoms with Crippen molar-refractivity contribution in [2.24, 2.45) is 5.92 Å². The number of rotatable bonds is 7. The molecule has 1 aromatic carbocycles. The van der Waals surface area contributed by atoms with E-state index in [1.54, 1.807) is 6.08 Å². The van der Waals surface area contributed by atoms with Gasteiger partial charge in [-0.1, -0.05) is 26.0 Å². The predicted molar refractivity (Wildman–Crippen MR) is 80.7 cm³/mol. The molecular formula is C16H20O5. The van der Waals surface area contributed by atoms with Crippen LogP contribution in [-0.4, -0.2) is 33.9 Å². The van der Waals surface area contributed by atoms with Crippen LogP contribution in [0.25, 0.3) is 6.08 Å². The van der Waals surface area contributed by atoms with Crippen molar-refractivity contribution >= 4 is 18.6 Å². The molecule has 0 saturated carbocycles. The molecule has 0 bridgehead atoms. The molecule has 0 aromatic heterocycles. The van der Waals surface area contributed by atoms with Crippen LogP contribution in [0.4, 0.5) is 0 Å². The topological polar surface area (TPSA) is 61.8 Å². The summed E-state index contributed by atoms with van der Waals surface area (Å²) in [5.41, 5.74) is 0.913. The summed E-state index contributed by atoms with van der Waals surface area (Å²) in [7, 11) is 4.29. The van der Waals surface area contributed by atoms with Crippen LogP contribution < -0.4 is 14.2 Å². The molecular weight excluding hydrogens is 272 g/mol. The van der Waals surface area contributed by atoms with Gasteiger partial charge in [-0.25, -0.2) is 0 Å². The average Bonchev–Trinajstić information content (AvgIpc) is 2.49. The third-order valence-electron chi connectivity index (χ3n) is 2.96. The second kappa shape index (κ2) is 7.47. The zero-order chi connectivity index (χ0) is 16.0. The Morgan fingerprint density at radius 3 is 1.43 bits per heavy atom. The first kappa shape index (κ1) is 16.8. The lowest BCUT2D eigenvalue weighted by Gasteiger charge is -2.18. The van der Waals surface area contributed by atoms with Gasteiger partial charge in [0.05, 0.1) is 38.0 Å². The summed E-state index contributed by atoms with van der Waals surface area (Å²) in [5.74, 6) is 1.08. The highest BCUT2D eigenvalue weighted by molar-refractivity contribution is 5.97. The molecule has 0 saturated heterocycles. The Bertz CT molecular complexity index is 521. The SMILES string of the molecule is COc1c(C=O)c(OC)c(/C=C\C(C)C)c(OC)c1C=O. The monoisotopic (exact) mass is 292 g/mol. The smallest absolute Gasteiger partial charge is 0.157 e. The minimum Gasteiger partial charge on any atom is -0.495 e.